The summed E-state index contributed by atoms with van der Waals surface area (Å²) in [6.07, 6.45) is 0.733. The van der Waals surface area contributed by atoms with Gasteiger partial charge in [0.2, 0.25) is 11.8 Å². The van der Waals surface area contributed by atoms with Crippen molar-refractivity contribution < 1.29 is 18.5 Å². The number of carbonyl (C=O) groups excluding carboxylic acids is 2. The molecule has 0 saturated carbocycles. The van der Waals surface area contributed by atoms with Crippen LogP contribution in [0.3, 0.4) is 0 Å². The van der Waals surface area contributed by atoms with E-state index in [9.17, 15) is 14.0 Å². The minimum Gasteiger partial charge on any atom is -0.356 e. The molecule has 2 amide bonds. The Hall–Kier alpha value is -3.19. The highest BCUT2D eigenvalue weighted by Crippen LogP contribution is 2.31. The average Bonchev–Trinajstić information content (AvgIpc) is 3.17. The summed E-state index contributed by atoms with van der Waals surface area (Å²) in [5.41, 5.74) is 3.07. The van der Waals surface area contributed by atoms with Crippen LogP contribution < -0.4 is 5.32 Å². The lowest BCUT2D eigenvalue weighted by molar-refractivity contribution is -0.133. The van der Waals surface area contributed by atoms with Gasteiger partial charge >= 0.3 is 0 Å². The number of aromatic nitrogens is 1. The molecule has 1 aromatic heterocycles. The molecular weight excluding hydrogens is 409 g/mol. The first-order chi connectivity index (χ1) is 14.5. The van der Waals surface area contributed by atoms with Gasteiger partial charge in [-0.3, -0.25) is 9.59 Å². The van der Waals surface area contributed by atoms with Crippen molar-refractivity contribution in [1.29, 1.82) is 0 Å². The molecule has 2 aromatic carbocycles. The minimum absolute atomic E-state index is 0.0489. The lowest BCUT2D eigenvalue weighted by atomic mass is 10.0. The molecule has 1 aliphatic heterocycles. The number of hydrogen-bond donors (Lipinski definition) is 1. The van der Waals surface area contributed by atoms with Crippen molar-refractivity contribution in [3.05, 3.63) is 70.6 Å². The zero-order chi connectivity index (χ0) is 21.1. The second-order valence-electron chi connectivity index (χ2n) is 7.06. The Morgan fingerprint density at radius 3 is 2.57 bits per heavy atom. The predicted molar refractivity (Wildman–Crippen MR) is 110 cm³/mol. The van der Waals surface area contributed by atoms with Crippen molar-refractivity contribution in [2.45, 2.75) is 25.8 Å². The first kappa shape index (κ1) is 20.1. The largest absolute Gasteiger partial charge is 0.356 e. The Morgan fingerprint density at radius 1 is 1.10 bits per heavy atom. The quantitative estimate of drug-likeness (QED) is 0.653. The molecule has 0 spiro atoms. The number of fused-ring (bicyclic) bond motifs is 1. The minimum atomic E-state index is -0.376. The second kappa shape index (κ2) is 8.67. The van der Waals surface area contributed by atoms with Crippen LogP contribution in [-0.4, -0.2) is 28.4 Å². The van der Waals surface area contributed by atoms with E-state index in [4.69, 9.17) is 16.1 Å². The molecule has 0 bridgehead atoms. The standard InChI is InChI=1S/C22H19ClFN3O3/c23-15-3-1-14(2-4-15)22-18-13-27(12-11-19(18)26-30-22)21(29)10-9-20(28)25-17-7-5-16(24)6-8-17/h1-8H,9-13H2,(H,25,28). The predicted octanol–water partition coefficient (Wildman–Crippen LogP) is 4.44. The van der Waals surface area contributed by atoms with E-state index < -0.39 is 0 Å². The van der Waals surface area contributed by atoms with Crippen LogP contribution in [0, 0.1) is 5.82 Å². The van der Waals surface area contributed by atoms with Crippen molar-refractivity contribution in [2.75, 3.05) is 11.9 Å². The smallest absolute Gasteiger partial charge is 0.224 e. The summed E-state index contributed by atoms with van der Waals surface area (Å²) in [5, 5.41) is 7.43. The third kappa shape index (κ3) is 4.52. The van der Waals surface area contributed by atoms with Gasteiger partial charge in [-0.1, -0.05) is 16.8 Å². The summed E-state index contributed by atoms with van der Waals surface area (Å²) in [5.74, 6) is -0.148. The van der Waals surface area contributed by atoms with Gasteiger partial charge in [-0.15, -0.1) is 0 Å². The van der Waals surface area contributed by atoms with Crippen LogP contribution in [0.1, 0.15) is 24.1 Å². The normalized spacial score (nSPS) is 13.1. The van der Waals surface area contributed by atoms with E-state index in [1.165, 1.54) is 24.3 Å². The maximum absolute atomic E-state index is 12.9. The number of anilines is 1. The molecule has 1 N–H and O–H groups in total. The molecule has 4 rings (SSSR count). The third-order valence-electron chi connectivity index (χ3n) is 4.99. The molecule has 0 radical (unpaired) electrons. The first-order valence-corrected chi connectivity index (χ1v) is 9.94. The lowest BCUT2D eigenvalue weighted by Crippen LogP contribution is -2.36. The Kier molecular flexibility index (Phi) is 5.81. The summed E-state index contributed by atoms with van der Waals surface area (Å²) in [4.78, 5) is 26.5. The lowest BCUT2D eigenvalue weighted by Gasteiger charge is -2.26. The fourth-order valence-electron chi connectivity index (χ4n) is 3.39. The number of amides is 2. The Morgan fingerprint density at radius 2 is 1.83 bits per heavy atom. The van der Waals surface area contributed by atoms with Gasteiger partial charge in [0.25, 0.3) is 0 Å². The first-order valence-electron chi connectivity index (χ1n) is 9.56. The van der Waals surface area contributed by atoms with Gasteiger partial charge in [-0.2, -0.15) is 0 Å². The summed E-state index contributed by atoms with van der Waals surface area (Å²) in [6, 6.07) is 12.7. The maximum atomic E-state index is 12.9. The molecule has 3 aromatic rings. The Balaban J connectivity index is 1.36. The molecule has 8 heteroatoms. The molecule has 0 atom stereocenters. The van der Waals surface area contributed by atoms with Crippen molar-refractivity contribution in [3.63, 3.8) is 0 Å². The highest BCUT2D eigenvalue weighted by Gasteiger charge is 2.27. The Labute approximate surface area is 177 Å². The molecule has 2 heterocycles. The molecule has 30 heavy (non-hydrogen) atoms. The van der Waals surface area contributed by atoms with E-state index >= 15 is 0 Å². The van der Waals surface area contributed by atoms with Gasteiger partial charge in [0.05, 0.1) is 12.2 Å². The van der Waals surface area contributed by atoms with Gasteiger partial charge in [-0.05, 0) is 48.5 Å². The summed E-state index contributed by atoms with van der Waals surface area (Å²) >= 11 is 5.95. The molecule has 1 aliphatic rings. The van der Waals surface area contributed by atoms with Crippen LogP contribution in [0.5, 0.6) is 0 Å². The molecule has 6 nitrogen and oxygen atoms in total. The van der Waals surface area contributed by atoms with E-state index in [2.05, 4.69) is 10.5 Å². The number of rotatable bonds is 5. The number of nitrogens with zero attached hydrogens (tertiary/aromatic N) is 2. The van der Waals surface area contributed by atoms with Gasteiger partial charge < -0.3 is 14.7 Å². The topological polar surface area (TPSA) is 75.4 Å². The van der Waals surface area contributed by atoms with Crippen LogP contribution in [0.2, 0.25) is 5.02 Å². The zero-order valence-corrected chi connectivity index (χ0v) is 16.8. The molecule has 0 fully saturated rings. The Bertz CT molecular complexity index is 1060. The van der Waals surface area contributed by atoms with Crippen LogP contribution >= 0.6 is 11.6 Å². The SMILES string of the molecule is O=C(CCC(=O)N1CCc2noc(-c3ccc(Cl)cc3)c2C1)Nc1ccc(F)cc1. The summed E-state index contributed by atoms with van der Waals surface area (Å²) in [6.45, 7) is 0.910. The monoisotopic (exact) mass is 427 g/mol. The number of nitrogens with one attached hydrogen (secondary N) is 1. The van der Waals surface area contributed by atoms with Crippen LogP contribution in [-0.2, 0) is 22.6 Å². The summed E-state index contributed by atoms with van der Waals surface area (Å²) in [7, 11) is 0. The van der Waals surface area contributed by atoms with E-state index in [0.29, 0.717) is 36.0 Å². The van der Waals surface area contributed by atoms with E-state index in [-0.39, 0.29) is 30.5 Å². The number of hydrogen-bond acceptors (Lipinski definition) is 4. The highest BCUT2D eigenvalue weighted by molar-refractivity contribution is 6.30. The van der Waals surface area contributed by atoms with E-state index in [0.717, 1.165) is 16.8 Å². The van der Waals surface area contributed by atoms with Gasteiger partial charge in [0, 0.05) is 47.6 Å². The van der Waals surface area contributed by atoms with Gasteiger partial charge in [0.15, 0.2) is 5.76 Å². The number of halogens is 2. The van der Waals surface area contributed by atoms with Crippen molar-refractivity contribution >= 4 is 29.1 Å². The molecular formula is C22H19ClFN3O3. The molecule has 0 unspecified atom stereocenters. The van der Waals surface area contributed by atoms with Gasteiger partial charge in [-0.25, -0.2) is 4.39 Å². The zero-order valence-electron chi connectivity index (χ0n) is 16.0. The second-order valence-corrected chi connectivity index (χ2v) is 7.50. The molecule has 0 aliphatic carbocycles. The number of carbonyl (C=O) groups is 2. The fraction of sp³-hybridized carbons (Fsp3) is 0.227. The fourth-order valence-corrected chi connectivity index (χ4v) is 3.51. The average molecular weight is 428 g/mol. The van der Waals surface area contributed by atoms with Crippen molar-refractivity contribution in [3.8, 4) is 11.3 Å². The van der Waals surface area contributed by atoms with Crippen LogP contribution in [0.15, 0.2) is 53.1 Å². The molecule has 154 valence electrons. The van der Waals surface area contributed by atoms with E-state index in [1.54, 1.807) is 17.0 Å². The third-order valence-corrected chi connectivity index (χ3v) is 5.24. The maximum Gasteiger partial charge on any atom is 0.224 e. The number of benzene rings is 2. The highest BCUT2D eigenvalue weighted by atomic mass is 35.5. The van der Waals surface area contributed by atoms with Gasteiger partial charge in [0.1, 0.15) is 5.82 Å². The van der Waals surface area contributed by atoms with Crippen molar-refractivity contribution in [2.24, 2.45) is 0 Å². The van der Waals surface area contributed by atoms with E-state index in [1.807, 2.05) is 12.1 Å². The van der Waals surface area contributed by atoms with Crippen LogP contribution in [0.4, 0.5) is 10.1 Å². The van der Waals surface area contributed by atoms with Crippen LogP contribution in [0.25, 0.3) is 11.3 Å². The summed E-state index contributed by atoms with van der Waals surface area (Å²) < 4.78 is 18.5. The molecule has 0 saturated heterocycles. The van der Waals surface area contributed by atoms with Crippen molar-refractivity contribution in [1.82, 2.24) is 10.1 Å².